The maximum atomic E-state index is 13.1. The molecule has 3 aromatic rings. The van der Waals surface area contributed by atoms with Crippen LogP contribution in [0, 0.1) is 0 Å². The van der Waals surface area contributed by atoms with Gasteiger partial charge >= 0.3 is 0 Å². The molecule has 0 aliphatic carbocycles. The van der Waals surface area contributed by atoms with E-state index in [1.165, 1.54) is 0 Å². The third-order valence-corrected chi connectivity index (χ3v) is 4.49. The Labute approximate surface area is 134 Å². The number of nitrogens with one attached hydrogen (secondary N) is 1. The molecule has 3 heteroatoms. The number of anilines is 2. The molecule has 0 fully saturated rings. The molecule has 1 unspecified atom stereocenters. The van der Waals surface area contributed by atoms with Crippen LogP contribution in [-0.2, 0) is 10.2 Å². The highest BCUT2D eigenvalue weighted by Gasteiger charge is 2.50. The standard InChI is InChI=1S/C20H16N2O/c21-17-12-6-4-10-15(17)20(14-8-2-1-3-9-14)16-11-5-7-13-18(16)22-19(20)23/h1-13H,21H2,(H,22,23). The molecule has 0 saturated heterocycles. The molecule has 0 radical (unpaired) electrons. The molecule has 3 aromatic carbocycles. The van der Waals surface area contributed by atoms with Crippen molar-refractivity contribution in [1.82, 2.24) is 0 Å². The van der Waals surface area contributed by atoms with E-state index in [4.69, 9.17) is 5.73 Å². The molecule has 3 nitrogen and oxygen atoms in total. The summed E-state index contributed by atoms with van der Waals surface area (Å²) in [7, 11) is 0. The van der Waals surface area contributed by atoms with Crippen molar-refractivity contribution in [1.29, 1.82) is 0 Å². The van der Waals surface area contributed by atoms with Crippen molar-refractivity contribution in [2.75, 3.05) is 11.1 Å². The van der Waals surface area contributed by atoms with Gasteiger partial charge in [-0.15, -0.1) is 0 Å². The topological polar surface area (TPSA) is 55.1 Å². The van der Waals surface area contributed by atoms with Crippen molar-refractivity contribution >= 4 is 17.3 Å². The first-order valence-corrected chi connectivity index (χ1v) is 7.56. The van der Waals surface area contributed by atoms with Gasteiger partial charge in [-0.3, -0.25) is 4.79 Å². The molecule has 1 atom stereocenters. The van der Waals surface area contributed by atoms with E-state index in [0.717, 1.165) is 22.4 Å². The Balaban J connectivity index is 2.12. The van der Waals surface area contributed by atoms with Crippen LogP contribution in [0.1, 0.15) is 16.7 Å². The van der Waals surface area contributed by atoms with E-state index in [1.807, 2.05) is 78.9 Å². The maximum Gasteiger partial charge on any atom is 0.244 e. The van der Waals surface area contributed by atoms with Gasteiger partial charge in [0.1, 0.15) is 5.41 Å². The van der Waals surface area contributed by atoms with Gasteiger partial charge in [-0.2, -0.15) is 0 Å². The molecule has 1 aliphatic rings. The van der Waals surface area contributed by atoms with Gasteiger partial charge in [0.2, 0.25) is 5.91 Å². The van der Waals surface area contributed by atoms with Crippen LogP contribution >= 0.6 is 0 Å². The van der Waals surface area contributed by atoms with Crippen LogP contribution in [0.25, 0.3) is 0 Å². The Hall–Kier alpha value is -3.07. The first-order chi connectivity index (χ1) is 11.2. The summed E-state index contributed by atoms with van der Waals surface area (Å²) in [5.74, 6) is -0.0669. The minimum atomic E-state index is -0.913. The molecule has 3 N–H and O–H groups in total. The number of hydrogen-bond donors (Lipinski definition) is 2. The van der Waals surface area contributed by atoms with E-state index < -0.39 is 5.41 Å². The molecule has 0 spiro atoms. The van der Waals surface area contributed by atoms with Crippen LogP contribution in [0.5, 0.6) is 0 Å². The number of amides is 1. The lowest BCUT2D eigenvalue weighted by atomic mass is 9.69. The highest BCUT2D eigenvalue weighted by Crippen LogP contribution is 2.48. The van der Waals surface area contributed by atoms with Crippen LogP contribution in [-0.4, -0.2) is 5.91 Å². The molecule has 112 valence electrons. The van der Waals surface area contributed by atoms with Gasteiger partial charge in [0.05, 0.1) is 0 Å². The molecular weight excluding hydrogens is 284 g/mol. The fourth-order valence-corrected chi connectivity index (χ4v) is 3.49. The van der Waals surface area contributed by atoms with E-state index >= 15 is 0 Å². The normalized spacial score (nSPS) is 19.2. The molecule has 4 rings (SSSR count). The van der Waals surface area contributed by atoms with Crippen molar-refractivity contribution in [2.45, 2.75) is 5.41 Å². The van der Waals surface area contributed by atoms with Crippen molar-refractivity contribution in [3.63, 3.8) is 0 Å². The first kappa shape index (κ1) is 13.6. The number of nitrogen functional groups attached to an aromatic ring is 1. The summed E-state index contributed by atoms with van der Waals surface area (Å²) in [5, 5.41) is 3.02. The van der Waals surface area contributed by atoms with E-state index in [-0.39, 0.29) is 5.91 Å². The van der Waals surface area contributed by atoms with E-state index in [9.17, 15) is 4.79 Å². The Bertz CT molecular complexity index is 889. The fraction of sp³-hybridized carbons (Fsp3) is 0.0500. The zero-order valence-corrected chi connectivity index (χ0v) is 12.5. The van der Waals surface area contributed by atoms with Crippen LogP contribution in [0.2, 0.25) is 0 Å². The number of rotatable bonds is 2. The number of hydrogen-bond acceptors (Lipinski definition) is 2. The van der Waals surface area contributed by atoms with Gasteiger partial charge in [-0.05, 0) is 23.3 Å². The summed E-state index contributed by atoms with van der Waals surface area (Å²) in [6.07, 6.45) is 0. The van der Waals surface area contributed by atoms with E-state index in [2.05, 4.69) is 5.32 Å². The van der Waals surface area contributed by atoms with Crippen molar-refractivity contribution in [2.24, 2.45) is 0 Å². The summed E-state index contributed by atoms with van der Waals surface area (Å²) >= 11 is 0. The monoisotopic (exact) mass is 300 g/mol. The average molecular weight is 300 g/mol. The second-order valence-electron chi connectivity index (χ2n) is 5.70. The van der Waals surface area contributed by atoms with Crippen molar-refractivity contribution in [3.8, 4) is 0 Å². The van der Waals surface area contributed by atoms with Crippen LogP contribution in [0.4, 0.5) is 11.4 Å². The summed E-state index contributed by atoms with van der Waals surface area (Å²) in [5.41, 5.74) is 9.47. The number of para-hydroxylation sites is 2. The van der Waals surface area contributed by atoms with Crippen LogP contribution in [0.3, 0.4) is 0 Å². The Morgan fingerprint density at radius 2 is 1.35 bits per heavy atom. The zero-order chi connectivity index (χ0) is 15.9. The van der Waals surface area contributed by atoms with Gasteiger partial charge in [0, 0.05) is 16.9 Å². The minimum absolute atomic E-state index is 0.0669. The minimum Gasteiger partial charge on any atom is -0.398 e. The van der Waals surface area contributed by atoms with Crippen LogP contribution < -0.4 is 11.1 Å². The lowest BCUT2D eigenvalue weighted by Gasteiger charge is -2.30. The molecule has 1 amide bonds. The molecule has 1 heterocycles. The molecular formula is C20H16N2O. The number of nitrogens with two attached hydrogens (primary N) is 1. The predicted octanol–water partition coefficient (Wildman–Crippen LogP) is 3.56. The lowest BCUT2D eigenvalue weighted by Crippen LogP contribution is -2.37. The quantitative estimate of drug-likeness (QED) is 0.711. The van der Waals surface area contributed by atoms with Gasteiger partial charge in [-0.25, -0.2) is 0 Å². The Kier molecular flexibility index (Phi) is 2.95. The molecule has 1 aliphatic heterocycles. The van der Waals surface area contributed by atoms with E-state index in [1.54, 1.807) is 0 Å². The van der Waals surface area contributed by atoms with Crippen LogP contribution in [0.15, 0.2) is 78.9 Å². The lowest BCUT2D eigenvalue weighted by molar-refractivity contribution is -0.118. The highest BCUT2D eigenvalue weighted by atomic mass is 16.2. The Morgan fingerprint density at radius 1 is 0.739 bits per heavy atom. The van der Waals surface area contributed by atoms with Crippen molar-refractivity contribution in [3.05, 3.63) is 95.6 Å². The second-order valence-corrected chi connectivity index (χ2v) is 5.70. The summed E-state index contributed by atoms with van der Waals surface area (Å²) in [6.45, 7) is 0. The first-order valence-electron chi connectivity index (χ1n) is 7.56. The molecule has 0 saturated carbocycles. The number of carbonyl (C=O) groups is 1. The predicted molar refractivity (Wildman–Crippen MR) is 92.3 cm³/mol. The molecule has 0 aromatic heterocycles. The summed E-state index contributed by atoms with van der Waals surface area (Å²) < 4.78 is 0. The van der Waals surface area contributed by atoms with Gasteiger partial charge in [0.25, 0.3) is 0 Å². The largest absolute Gasteiger partial charge is 0.398 e. The van der Waals surface area contributed by atoms with E-state index in [0.29, 0.717) is 5.69 Å². The molecule has 0 bridgehead atoms. The van der Waals surface area contributed by atoms with Gasteiger partial charge in [0.15, 0.2) is 0 Å². The molecule has 23 heavy (non-hydrogen) atoms. The summed E-state index contributed by atoms with van der Waals surface area (Å²) in [6, 6.07) is 25.2. The second kappa shape index (κ2) is 4.99. The number of carbonyl (C=O) groups excluding carboxylic acids is 1. The average Bonchev–Trinajstić information content (AvgIpc) is 2.89. The fourth-order valence-electron chi connectivity index (χ4n) is 3.49. The van der Waals surface area contributed by atoms with Crippen molar-refractivity contribution < 1.29 is 4.79 Å². The third kappa shape index (κ3) is 1.80. The highest BCUT2D eigenvalue weighted by molar-refractivity contribution is 6.12. The maximum absolute atomic E-state index is 13.1. The van der Waals surface area contributed by atoms with Gasteiger partial charge < -0.3 is 11.1 Å². The summed E-state index contributed by atoms with van der Waals surface area (Å²) in [4.78, 5) is 13.1. The Morgan fingerprint density at radius 3 is 2.09 bits per heavy atom. The smallest absolute Gasteiger partial charge is 0.244 e. The number of benzene rings is 3. The zero-order valence-electron chi connectivity index (χ0n) is 12.5. The number of fused-ring (bicyclic) bond motifs is 1. The third-order valence-electron chi connectivity index (χ3n) is 4.49. The van der Waals surface area contributed by atoms with Gasteiger partial charge in [-0.1, -0.05) is 66.7 Å². The SMILES string of the molecule is Nc1ccccc1C1(c2ccccc2)C(=O)Nc2ccccc21.